The number of nitrogens with zero attached hydrogens (tertiary/aromatic N) is 3. The fourth-order valence-corrected chi connectivity index (χ4v) is 11.5. The number of carbonyl (C=O) groups is 1. The number of oxime groups is 1. The molecule has 18 atom stereocenters. The van der Waals surface area contributed by atoms with Crippen LogP contribution in [0.2, 0.25) is 0 Å². The number of fused-ring (bicyclic) bond motifs is 1. The van der Waals surface area contributed by atoms with E-state index in [-0.39, 0.29) is 32.0 Å². The summed E-state index contributed by atoms with van der Waals surface area (Å²) in [6, 6.07) is 14.1. The Morgan fingerprint density at radius 2 is 1.58 bits per heavy atom. The summed E-state index contributed by atoms with van der Waals surface area (Å²) < 4.78 is 44.1. The molecule has 0 aromatic heterocycles. The second-order valence-corrected chi connectivity index (χ2v) is 21.9. The van der Waals surface area contributed by atoms with Crippen LogP contribution in [0, 0.1) is 23.7 Å². The molecule has 0 saturated carbocycles. The summed E-state index contributed by atoms with van der Waals surface area (Å²) in [5, 5.41) is 67.8. The largest absolute Gasteiger partial charge is 0.459 e. The van der Waals surface area contributed by atoms with Crippen LogP contribution in [0.5, 0.6) is 0 Å². The van der Waals surface area contributed by atoms with E-state index in [9.17, 15) is 30.3 Å². The number of aliphatic hydroxyl groups is 5. The number of ether oxygens (including phenoxy) is 7. The molecular formula is C55H87N3O14. The number of likely N-dealkylation sites (N-methyl/N-ethyl adjacent to an activating group) is 1. The zero-order chi connectivity index (χ0) is 52.7. The van der Waals surface area contributed by atoms with E-state index in [1.165, 1.54) is 14.0 Å². The Morgan fingerprint density at radius 1 is 0.889 bits per heavy atom. The van der Waals surface area contributed by atoms with E-state index < -0.39 is 108 Å². The molecule has 4 aliphatic heterocycles. The molecule has 4 saturated heterocycles. The van der Waals surface area contributed by atoms with E-state index in [4.69, 9.17) is 38.0 Å². The second kappa shape index (κ2) is 25.1. The van der Waals surface area contributed by atoms with Crippen LogP contribution in [-0.4, -0.2) is 185 Å². The summed E-state index contributed by atoms with van der Waals surface area (Å²) in [4.78, 5) is 24.9. The summed E-state index contributed by atoms with van der Waals surface area (Å²) in [5.74, 6) is -4.15. The van der Waals surface area contributed by atoms with Crippen molar-refractivity contribution >= 4 is 22.5 Å². The van der Waals surface area contributed by atoms with Crippen LogP contribution in [0.15, 0.2) is 59.8 Å². The first-order chi connectivity index (χ1) is 34.0. The summed E-state index contributed by atoms with van der Waals surface area (Å²) in [5.41, 5.74) is -3.40. The minimum Gasteiger partial charge on any atom is -0.459 e. The number of esters is 1. The van der Waals surface area contributed by atoms with Crippen molar-refractivity contribution in [1.29, 1.82) is 0 Å². The third-order valence-electron chi connectivity index (χ3n) is 16.0. The quantitative estimate of drug-likeness (QED) is 0.0713. The standard InChI is InChI=1S/C55H87N3O14/c1-13-43-55(10,64)48(60)35(4)45(56-67-25-17-16-22-58-23-26-66-27-24-58)33(2)30-53(8,63)50(36(5)47(37(6)51(62)70-43)71-44-31-54(9,65-12)49(61)38(7)69-44)72-52-46(59)42(28-34(3)68-52)57(11)32-39-20-21-40-18-14-15-19-41(40)29-39/h14-21,29,33-38,42-44,46-50,52,59-61,63-64H,13,22-28,30-32H2,1-12H3/b17-16+,56-45+/t33-,34-,35+,36+,37-,38+,42+,43-,44+,46-,47+,48-,49+,50-,52+,53+,54-,55-/m1/s1. The number of aliphatic hydroxyl groups excluding tert-OH is 3. The van der Waals surface area contributed by atoms with Gasteiger partial charge >= 0.3 is 5.97 Å². The third-order valence-corrected chi connectivity index (χ3v) is 16.0. The lowest BCUT2D eigenvalue weighted by molar-refractivity contribution is -0.318. The molecule has 0 aliphatic carbocycles. The molecule has 4 aliphatic rings. The van der Waals surface area contributed by atoms with Crippen LogP contribution in [0.25, 0.3) is 10.8 Å². The number of hydrogen-bond acceptors (Lipinski definition) is 17. The molecular weight excluding hydrogens is 927 g/mol. The van der Waals surface area contributed by atoms with Crippen LogP contribution < -0.4 is 0 Å². The van der Waals surface area contributed by atoms with Crippen molar-refractivity contribution < 1.29 is 68.3 Å². The first-order valence-corrected chi connectivity index (χ1v) is 26.2. The highest BCUT2D eigenvalue weighted by atomic mass is 16.7. The maximum atomic E-state index is 14.6. The lowest BCUT2D eigenvalue weighted by atomic mass is 9.73. The Hall–Kier alpha value is -3.14. The van der Waals surface area contributed by atoms with Gasteiger partial charge in [-0.2, -0.15) is 0 Å². The van der Waals surface area contributed by atoms with E-state index in [2.05, 4.69) is 45.3 Å². The first kappa shape index (κ1) is 58.1. The molecule has 72 heavy (non-hydrogen) atoms. The minimum absolute atomic E-state index is 0.0202. The second-order valence-electron chi connectivity index (χ2n) is 21.9. The monoisotopic (exact) mass is 1010 g/mol. The van der Waals surface area contributed by atoms with Gasteiger partial charge in [0, 0.05) is 63.5 Å². The normalized spacial score (nSPS) is 40.9. The average molecular weight is 1010 g/mol. The van der Waals surface area contributed by atoms with Gasteiger partial charge in [0.05, 0.1) is 66.6 Å². The molecule has 0 bridgehead atoms. The van der Waals surface area contributed by atoms with Crippen LogP contribution in [0.3, 0.4) is 0 Å². The molecule has 0 unspecified atom stereocenters. The molecule has 406 valence electrons. The van der Waals surface area contributed by atoms with Gasteiger partial charge in [0.1, 0.15) is 30.5 Å². The molecule has 5 N–H and O–H groups in total. The predicted octanol–water partition coefficient (Wildman–Crippen LogP) is 5.20. The van der Waals surface area contributed by atoms with Crippen LogP contribution >= 0.6 is 0 Å². The highest BCUT2D eigenvalue weighted by Crippen LogP contribution is 2.41. The third kappa shape index (κ3) is 13.8. The number of cyclic esters (lactones) is 1. The number of methoxy groups -OCH3 is 1. The lowest BCUT2D eigenvalue weighted by Crippen LogP contribution is -2.61. The molecule has 0 radical (unpaired) electrons. The Labute approximate surface area is 427 Å². The fraction of sp³-hybridized carbons (Fsp3) is 0.745. The van der Waals surface area contributed by atoms with Gasteiger partial charge in [0.2, 0.25) is 0 Å². The van der Waals surface area contributed by atoms with Crippen molar-refractivity contribution in [1.82, 2.24) is 9.80 Å². The Morgan fingerprint density at radius 3 is 2.26 bits per heavy atom. The number of morpholine rings is 1. The lowest BCUT2D eigenvalue weighted by Gasteiger charge is -2.49. The van der Waals surface area contributed by atoms with E-state index in [1.54, 1.807) is 41.5 Å². The zero-order valence-corrected chi connectivity index (χ0v) is 44.9. The van der Waals surface area contributed by atoms with E-state index in [1.807, 2.05) is 52.1 Å². The summed E-state index contributed by atoms with van der Waals surface area (Å²) in [6.07, 6.45) is -5.92. The van der Waals surface area contributed by atoms with E-state index in [0.29, 0.717) is 31.9 Å². The number of hydrogen-bond donors (Lipinski definition) is 5. The van der Waals surface area contributed by atoms with Gasteiger partial charge in [-0.05, 0) is 96.3 Å². The van der Waals surface area contributed by atoms with Gasteiger partial charge in [-0.15, -0.1) is 0 Å². The predicted molar refractivity (Wildman–Crippen MR) is 273 cm³/mol. The molecule has 4 heterocycles. The smallest absolute Gasteiger partial charge is 0.311 e. The number of rotatable bonds is 14. The van der Waals surface area contributed by atoms with Crippen molar-refractivity contribution in [3.05, 3.63) is 60.2 Å². The molecule has 6 rings (SSSR count). The van der Waals surface area contributed by atoms with E-state index >= 15 is 0 Å². The van der Waals surface area contributed by atoms with Crippen LogP contribution in [0.1, 0.15) is 100 Å². The molecule has 0 spiro atoms. The Kier molecular flexibility index (Phi) is 20.3. The Bertz CT molecular complexity index is 2100. The van der Waals surface area contributed by atoms with Gasteiger partial charge in [0.25, 0.3) is 0 Å². The number of benzene rings is 2. The number of carbonyl (C=O) groups excluding carboxylic acids is 1. The van der Waals surface area contributed by atoms with Crippen LogP contribution in [-0.2, 0) is 49.3 Å². The SMILES string of the molecule is CC[C@H]1OC(=O)[C@H](C)[C@@H](O[C@H]2C[C@@](C)(OC)[C@@H](O)[C@H](C)O2)[C@H](C)[C@@H](O[C@@H]2O[C@H](C)C[C@H](N(C)Cc3ccc4ccccc4c3)[C@H]2O)[C@@](C)(O)C[C@@H](C)/C(=N\OC/C=C/CN2CCOCC2)[C@H](C)[C@@H](O)[C@]1(C)O. The average Bonchev–Trinajstić information content (AvgIpc) is 3.35. The first-order valence-electron chi connectivity index (χ1n) is 26.2. The molecule has 17 heteroatoms. The van der Waals surface area contributed by atoms with Gasteiger partial charge in [-0.1, -0.05) is 75.3 Å². The van der Waals surface area contributed by atoms with Gasteiger partial charge < -0.3 is 63.5 Å². The summed E-state index contributed by atoms with van der Waals surface area (Å²) in [6.45, 7) is 21.7. The van der Waals surface area contributed by atoms with Crippen molar-refractivity contribution in [3.63, 3.8) is 0 Å². The highest BCUT2D eigenvalue weighted by Gasteiger charge is 2.53. The molecule has 4 fully saturated rings. The Balaban J connectivity index is 1.37. The highest BCUT2D eigenvalue weighted by molar-refractivity contribution is 5.89. The van der Waals surface area contributed by atoms with Crippen LogP contribution in [0.4, 0.5) is 0 Å². The maximum Gasteiger partial charge on any atom is 0.311 e. The molecule has 17 nitrogen and oxygen atoms in total. The molecule has 2 aromatic carbocycles. The fourth-order valence-electron chi connectivity index (χ4n) is 11.5. The molecule has 0 amide bonds. The summed E-state index contributed by atoms with van der Waals surface area (Å²) in [7, 11) is 3.47. The maximum absolute atomic E-state index is 14.6. The minimum atomic E-state index is -1.97. The summed E-state index contributed by atoms with van der Waals surface area (Å²) >= 11 is 0. The van der Waals surface area contributed by atoms with Crippen molar-refractivity contribution in [2.75, 3.05) is 53.6 Å². The topological polar surface area (TPSA) is 211 Å². The van der Waals surface area contributed by atoms with Crippen molar-refractivity contribution in [2.45, 2.75) is 186 Å². The van der Waals surface area contributed by atoms with E-state index in [0.717, 1.165) is 36.0 Å². The van der Waals surface area contributed by atoms with Gasteiger partial charge in [-0.25, -0.2) is 0 Å². The van der Waals surface area contributed by atoms with Crippen molar-refractivity contribution in [2.24, 2.45) is 28.8 Å². The van der Waals surface area contributed by atoms with Crippen molar-refractivity contribution in [3.8, 4) is 0 Å². The molecule has 2 aromatic rings. The van der Waals surface area contributed by atoms with Gasteiger partial charge in [0.15, 0.2) is 12.6 Å². The van der Waals surface area contributed by atoms with Gasteiger partial charge in [-0.3, -0.25) is 14.6 Å². The zero-order valence-electron chi connectivity index (χ0n) is 44.9.